The fourth-order valence-corrected chi connectivity index (χ4v) is 4.46. The number of amides is 1. The molecule has 4 heteroatoms. The molecule has 0 saturated carbocycles. The van der Waals surface area contributed by atoms with E-state index in [0.29, 0.717) is 13.0 Å². The minimum absolute atomic E-state index is 0.0274. The van der Waals surface area contributed by atoms with Gasteiger partial charge >= 0.3 is 0 Å². The Morgan fingerprint density at radius 2 is 1.86 bits per heavy atom. The van der Waals surface area contributed by atoms with Gasteiger partial charge in [0.2, 0.25) is 5.91 Å². The van der Waals surface area contributed by atoms with E-state index in [1.54, 1.807) is 0 Å². The lowest BCUT2D eigenvalue weighted by Crippen LogP contribution is -2.29. The minimum Gasteiger partial charge on any atom is -0.494 e. The smallest absolute Gasteiger partial charge is 0.223 e. The monoisotopic (exact) mass is 390 g/mol. The molecule has 4 nitrogen and oxygen atoms in total. The highest BCUT2D eigenvalue weighted by molar-refractivity contribution is 5.88. The molecule has 1 N–H and O–H groups in total. The third-order valence-corrected chi connectivity index (χ3v) is 6.02. The first-order chi connectivity index (χ1) is 14.2. The Hall–Kier alpha value is -2.75. The number of aromatic nitrogens is 1. The predicted molar refractivity (Wildman–Crippen MR) is 118 cm³/mol. The van der Waals surface area contributed by atoms with Crippen LogP contribution in [0.5, 0.6) is 5.75 Å². The van der Waals surface area contributed by atoms with E-state index in [0.717, 1.165) is 43.7 Å². The third-order valence-electron chi connectivity index (χ3n) is 6.02. The molecule has 1 saturated heterocycles. The summed E-state index contributed by atoms with van der Waals surface area (Å²) in [6.07, 6.45) is 5.82. The summed E-state index contributed by atoms with van der Waals surface area (Å²) in [5, 5.41) is 1.22. The van der Waals surface area contributed by atoms with Gasteiger partial charge in [-0.3, -0.25) is 4.79 Å². The van der Waals surface area contributed by atoms with E-state index in [4.69, 9.17) is 4.74 Å². The number of nitrogens with one attached hydrogen (secondary N) is 1. The molecular weight excluding hydrogens is 360 g/mol. The van der Waals surface area contributed by atoms with Gasteiger partial charge in [0.15, 0.2) is 0 Å². The molecular formula is C25H30N2O2. The molecule has 0 radical (unpaired) electrons. The number of ether oxygens (including phenoxy) is 1. The van der Waals surface area contributed by atoms with Crippen LogP contribution in [-0.4, -0.2) is 35.5 Å². The summed E-state index contributed by atoms with van der Waals surface area (Å²) in [6, 6.07) is 14.7. The normalized spacial score (nSPS) is 15.0. The number of hydrogen-bond donors (Lipinski definition) is 1. The summed E-state index contributed by atoms with van der Waals surface area (Å²) in [4.78, 5) is 18.5. The second kappa shape index (κ2) is 8.73. The van der Waals surface area contributed by atoms with E-state index in [1.807, 2.05) is 24.0 Å². The van der Waals surface area contributed by atoms with E-state index in [2.05, 4.69) is 48.4 Å². The van der Waals surface area contributed by atoms with E-state index in [9.17, 15) is 4.79 Å². The average Bonchev–Trinajstić information content (AvgIpc) is 3.43. The van der Waals surface area contributed by atoms with Crippen LogP contribution >= 0.6 is 0 Å². The highest BCUT2D eigenvalue weighted by Crippen LogP contribution is 2.36. The fourth-order valence-electron chi connectivity index (χ4n) is 4.46. The molecule has 1 atom stereocenters. The molecule has 0 spiro atoms. The zero-order valence-electron chi connectivity index (χ0n) is 17.4. The highest BCUT2D eigenvalue weighted by atomic mass is 16.5. The van der Waals surface area contributed by atoms with Crippen LogP contribution in [0.3, 0.4) is 0 Å². The standard InChI is InChI=1S/C25H30N2O2/c1-3-18-8-7-9-21-23(17-26-25(18)21)22(16-24(28)27-14-5-6-15-27)19-10-12-20(13-11-19)29-4-2/h7-13,17,22,26H,3-6,14-16H2,1-2H3. The Bertz CT molecular complexity index is 968. The van der Waals surface area contributed by atoms with Crippen molar-refractivity contribution in [1.82, 2.24) is 9.88 Å². The molecule has 1 aromatic heterocycles. The first-order valence-corrected chi connectivity index (χ1v) is 10.8. The summed E-state index contributed by atoms with van der Waals surface area (Å²) in [5.74, 6) is 1.15. The van der Waals surface area contributed by atoms with Gasteiger partial charge < -0.3 is 14.6 Å². The van der Waals surface area contributed by atoms with Crippen molar-refractivity contribution in [3.8, 4) is 5.75 Å². The van der Waals surface area contributed by atoms with Gasteiger partial charge in [-0.1, -0.05) is 37.3 Å². The molecule has 0 bridgehead atoms. The Kier molecular flexibility index (Phi) is 5.89. The van der Waals surface area contributed by atoms with Crippen molar-refractivity contribution < 1.29 is 9.53 Å². The number of likely N-dealkylation sites (tertiary alicyclic amines) is 1. The fraction of sp³-hybridized carbons (Fsp3) is 0.400. The number of benzene rings is 2. The molecule has 3 aromatic rings. The van der Waals surface area contributed by atoms with E-state index in [1.165, 1.54) is 22.0 Å². The summed E-state index contributed by atoms with van der Waals surface area (Å²) in [5.41, 5.74) is 4.86. The first kappa shape index (κ1) is 19.6. The number of carbonyl (C=O) groups is 1. The van der Waals surface area contributed by atoms with Gasteiger partial charge in [0, 0.05) is 42.5 Å². The van der Waals surface area contributed by atoms with Crippen molar-refractivity contribution in [3.63, 3.8) is 0 Å². The zero-order chi connectivity index (χ0) is 20.2. The number of aromatic amines is 1. The Morgan fingerprint density at radius 3 is 2.55 bits per heavy atom. The number of para-hydroxylation sites is 1. The van der Waals surface area contributed by atoms with Gasteiger partial charge in [0.05, 0.1) is 6.61 Å². The van der Waals surface area contributed by atoms with Crippen LogP contribution in [-0.2, 0) is 11.2 Å². The van der Waals surface area contributed by atoms with Gasteiger partial charge in [0.1, 0.15) is 5.75 Å². The molecule has 2 aromatic carbocycles. The summed E-state index contributed by atoms with van der Waals surface area (Å²) >= 11 is 0. The number of carbonyl (C=O) groups excluding carboxylic acids is 1. The van der Waals surface area contributed by atoms with Crippen molar-refractivity contribution >= 4 is 16.8 Å². The molecule has 1 fully saturated rings. The number of nitrogens with zero attached hydrogens (tertiary/aromatic N) is 1. The largest absolute Gasteiger partial charge is 0.494 e. The van der Waals surface area contributed by atoms with Crippen LogP contribution in [0.4, 0.5) is 0 Å². The maximum Gasteiger partial charge on any atom is 0.223 e. The molecule has 1 unspecified atom stereocenters. The van der Waals surface area contributed by atoms with Crippen LogP contribution in [0.1, 0.15) is 55.7 Å². The number of aryl methyl sites for hydroxylation is 1. The topological polar surface area (TPSA) is 45.3 Å². The van der Waals surface area contributed by atoms with Crippen LogP contribution in [0.2, 0.25) is 0 Å². The van der Waals surface area contributed by atoms with Crippen LogP contribution in [0.25, 0.3) is 10.9 Å². The first-order valence-electron chi connectivity index (χ1n) is 10.8. The second-order valence-electron chi connectivity index (χ2n) is 7.78. The van der Waals surface area contributed by atoms with Crippen LogP contribution in [0, 0.1) is 0 Å². The van der Waals surface area contributed by atoms with Gasteiger partial charge in [-0.15, -0.1) is 0 Å². The Balaban J connectivity index is 1.72. The van der Waals surface area contributed by atoms with Gasteiger partial charge in [-0.25, -0.2) is 0 Å². The van der Waals surface area contributed by atoms with Crippen molar-refractivity contribution in [2.24, 2.45) is 0 Å². The molecule has 4 rings (SSSR count). The summed E-state index contributed by atoms with van der Waals surface area (Å²) in [7, 11) is 0. The minimum atomic E-state index is 0.0274. The zero-order valence-corrected chi connectivity index (χ0v) is 17.4. The number of hydrogen-bond acceptors (Lipinski definition) is 2. The number of fused-ring (bicyclic) bond motifs is 1. The Morgan fingerprint density at radius 1 is 1.10 bits per heavy atom. The van der Waals surface area contributed by atoms with Gasteiger partial charge in [-0.05, 0) is 55.0 Å². The van der Waals surface area contributed by atoms with Crippen molar-refractivity contribution in [1.29, 1.82) is 0 Å². The summed E-state index contributed by atoms with van der Waals surface area (Å²) < 4.78 is 5.61. The Labute approximate surface area is 172 Å². The third kappa shape index (κ3) is 4.02. The van der Waals surface area contributed by atoms with Crippen LogP contribution in [0.15, 0.2) is 48.7 Å². The quantitative estimate of drug-likeness (QED) is 0.597. The molecule has 0 aliphatic carbocycles. The predicted octanol–water partition coefficient (Wildman–Crippen LogP) is 5.27. The lowest BCUT2D eigenvalue weighted by atomic mass is 9.87. The molecule has 1 aliphatic heterocycles. The molecule has 152 valence electrons. The molecule has 1 aliphatic rings. The van der Waals surface area contributed by atoms with Gasteiger partial charge in [-0.2, -0.15) is 0 Å². The van der Waals surface area contributed by atoms with Crippen molar-refractivity contribution in [3.05, 3.63) is 65.4 Å². The van der Waals surface area contributed by atoms with Crippen molar-refractivity contribution in [2.45, 2.75) is 45.4 Å². The molecule has 29 heavy (non-hydrogen) atoms. The lowest BCUT2D eigenvalue weighted by molar-refractivity contribution is -0.130. The number of H-pyrrole nitrogens is 1. The lowest BCUT2D eigenvalue weighted by Gasteiger charge is -2.22. The maximum atomic E-state index is 13.0. The van der Waals surface area contributed by atoms with Gasteiger partial charge in [0.25, 0.3) is 0 Å². The SMILES string of the molecule is CCOc1ccc(C(CC(=O)N2CCCC2)c2c[nH]c3c(CC)cccc23)cc1. The average molecular weight is 391 g/mol. The van der Waals surface area contributed by atoms with E-state index in [-0.39, 0.29) is 11.8 Å². The van der Waals surface area contributed by atoms with E-state index < -0.39 is 0 Å². The second-order valence-corrected chi connectivity index (χ2v) is 7.78. The highest BCUT2D eigenvalue weighted by Gasteiger charge is 2.26. The van der Waals surface area contributed by atoms with E-state index >= 15 is 0 Å². The summed E-state index contributed by atoms with van der Waals surface area (Å²) in [6.45, 7) is 6.60. The van der Waals surface area contributed by atoms with Crippen LogP contribution < -0.4 is 4.74 Å². The number of rotatable bonds is 7. The van der Waals surface area contributed by atoms with Crippen molar-refractivity contribution in [2.75, 3.05) is 19.7 Å². The molecule has 2 heterocycles. The maximum absolute atomic E-state index is 13.0. The molecule has 1 amide bonds.